The molecule has 0 bridgehead atoms. The number of hydrogen-bond donors (Lipinski definition) is 0. The van der Waals surface area contributed by atoms with Crippen LogP contribution in [0.5, 0.6) is 0 Å². The van der Waals surface area contributed by atoms with E-state index in [1.54, 1.807) is 7.11 Å². The van der Waals surface area contributed by atoms with Crippen LogP contribution in [0.1, 0.15) is 38.9 Å². The molecule has 0 N–H and O–H groups in total. The van der Waals surface area contributed by atoms with E-state index in [9.17, 15) is 4.79 Å². The van der Waals surface area contributed by atoms with Crippen molar-refractivity contribution >= 4 is 23.0 Å². The van der Waals surface area contributed by atoms with Crippen molar-refractivity contribution in [3.8, 4) is 0 Å². The third kappa shape index (κ3) is 9.04. The maximum atomic E-state index is 11.3. The molecule has 5 rings (SSSR count). The number of carbonyl (C=O) groups is 1. The van der Waals surface area contributed by atoms with Gasteiger partial charge in [0.1, 0.15) is 6.61 Å². The van der Waals surface area contributed by atoms with Crippen molar-refractivity contribution < 1.29 is 14.3 Å². The van der Waals surface area contributed by atoms with Gasteiger partial charge >= 0.3 is 5.97 Å². The molecule has 0 saturated heterocycles. The van der Waals surface area contributed by atoms with Crippen molar-refractivity contribution in [2.75, 3.05) is 12.0 Å². The molecular formula is C41H41NO3. The summed E-state index contributed by atoms with van der Waals surface area (Å²) in [5, 5.41) is 0. The van der Waals surface area contributed by atoms with Crippen LogP contribution >= 0.6 is 0 Å². The van der Waals surface area contributed by atoms with E-state index in [1.165, 1.54) is 39.5 Å². The van der Waals surface area contributed by atoms with E-state index >= 15 is 0 Å². The quantitative estimate of drug-likeness (QED) is 0.0947. The van der Waals surface area contributed by atoms with Crippen molar-refractivity contribution in [3.63, 3.8) is 0 Å². The predicted octanol–water partition coefficient (Wildman–Crippen LogP) is 9.41. The van der Waals surface area contributed by atoms with E-state index in [4.69, 9.17) is 9.47 Å². The molecule has 5 aromatic carbocycles. The van der Waals surface area contributed by atoms with E-state index in [1.807, 2.05) is 12.1 Å². The average Bonchev–Trinajstić information content (AvgIpc) is 3.08. The highest BCUT2D eigenvalue weighted by Crippen LogP contribution is 2.35. The number of benzene rings is 5. The fourth-order valence-electron chi connectivity index (χ4n) is 5.33. The molecule has 0 unspecified atom stereocenters. The zero-order valence-corrected chi connectivity index (χ0v) is 26.2. The first-order chi connectivity index (χ1) is 22.0. The Bertz CT molecular complexity index is 1650. The van der Waals surface area contributed by atoms with Gasteiger partial charge in [-0.3, -0.25) is 0 Å². The molecule has 0 radical (unpaired) electrons. The number of rotatable bonds is 14. The predicted molar refractivity (Wildman–Crippen MR) is 184 cm³/mol. The Labute approximate surface area is 267 Å². The summed E-state index contributed by atoms with van der Waals surface area (Å²) in [6.45, 7) is 6.46. The Morgan fingerprint density at radius 1 is 0.556 bits per heavy atom. The van der Waals surface area contributed by atoms with Crippen LogP contribution in [0.25, 0.3) is 0 Å². The molecule has 0 aromatic heterocycles. The second-order valence-corrected chi connectivity index (χ2v) is 11.4. The number of methoxy groups -OCH3 is 1. The highest BCUT2D eigenvalue weighted by atomic mass is 16.5. The van der Waals surface area contributed by atoms with Gasteiger partial charge in [-0.2, -0.15) is 0 Å². The summed E-state index contributed by atoms with van der Waals surface area (Å²) in [6.07, 6.45) is 5.06. The number of hydrogen-bond acceptors (Lipinski definition) is 4. The third-order valence-electron chi connectivity index (χ3n) is 7.99. The molecule has 0 atom stereocenters. The molecule has 0 spiro atoms. The Kier molecular flexibility index (Phi) is 11.0. The lowest BCUT2D eigenvalue weighted by atomic mass is 10.0. The maximum Gasteiger partial charge on any atom is 0.330 e. The number of esters is 1. The number of ether oxygens (including phenoxy) is 2. The Morgan fingerprint density at radius 3 is 1.27 bits per heavy atom. The zero-order chi connectivity index (χ0) is 31.4. The van der Waals surface area contributed by atoms with Crippen molar-refractivity contribution in [1.29, 1.82) is 0 Å². The second-order valence-electron chi connectivity index (χ2n) is 11.4. The number of carbonyl (C=O) groups excluding carboxylic acids is 1. The summed E-state index contributed by atoms with van der Waals surface area (Å²) in [5.41, 5.74) is 12.0. The molecular weight excluding hydrogens is 554 g/mol. The molecule has 4 heteroatoms. The molecule has 0 amide bonds. The van der Waals surface area contributed by atoms with Crippen LogP contribution in [0, 0.1) is 6.92 Å². The molecule has 5 aromatic rings. The van der Waals surface area contributed by atoms with Gasteiger partial charge in [-0.1, -0.05) is 97.1 Å². The highest BCUT2D eigenvalue weighted by Gasteiger charge is 2.13. The van der Waals surface area contributed by atoms with Crippen LogP contribution < -0.4 is 4.90 Å². The van der Waals surface area contributed by atoms with Crippen LogP contribution in [0.2, 0.25) is 0 Å². The molecule has 45 heavy (non-hydrogen) atoms. The number of aryl methyl sites for hydroxylation is 5. The first-order valence-corrected chi connectivity index (χ1v) is 15.5. The first-order valence-electron chi connectivity index (χ1n) is 15.5. The highest BCUT2D eigenvalue weighted by molar-refractivity contribution is 5.81. The van der Waals surface area contributed by atoms with Crippen molar-refractivity contribution in [2.24, 2.45) is 0 Å². The number of nitrogens with zero attached hydrogens (tertiary/aromatic N) is 1. The Hall–Kier alpha value is -4.93. The van der Waals surface area contributed by atoms with Crippen LogP contribution in [0.3, 0.4) is 0 Å². The van der Waals surface area contributed by atoms with Crippen LogP contribution in [-0.2, 0) is 53.2 Å². The zero-order valence-electron chi connectivity index (χ0n) is 26.2. The largest absolute Gasteiger partial charge is 0.458 e. The topological polar surface area (TPSA) is 38.8 Å². The third-order valence-corrected chi connectivity index (χ3v) is 7.99. The van der Waals surface area contributed by atoms with Gasteiger partial charge in [0, 0.05) is 30.2 Å². The lowest BCUT2D eigenvalue weighted by molar-refractivity contribution is -0.138. The van der Waals surface area contributed by atoms with Gasteiger partial charge in [0.25, 0.3) is 0 Å². The summed E-state index contributed by atoms with van der Waals surface area (Å²) in [5.74, 6) is -0.406. The normalized spacial score (nSPS) is 10.8. The fraction of sp³-hybridized carbons (Fsp3) is 0.195. The number of anilines is 3. The summed E-state index contributed by atoms with van der Waals surface area (Å²) in [6, 6.07) is 43.5. The standard InChI is InChI=1S/C41H41NO3/c1-4-41(43)45-30-37-17-13-33(14-18-37)8-10-35-21-27-40(28-22-35)42(38-23-5-31(2)6-24-38)39-25-19-34(20-26-39)9-7-32-11-15-36(16-12-32)29-44-3/h4-6,11-28H,1,7-10,29-30H2,2-3H3. The molecule has 0 saturated carbocycles. The van der Waals surface area contributed by atoms with Crippen LogP contribution in [0.15, 0.2) is 134 Å². The molecule has 0 aliphatic rings. The van der Waals surface area contributed by atoms with Crippen LogP contribution in [0.4, 0.5) is 17.1 Å². The summed E-state index contributed by atoms with van der Waals surface area (Å²) < 4.78 is 10.4. The van der Waals surface area contributed by atoms with E-state index in [0.29, 0.717) is 6.61 Å². The van der Waals surface area contributed by atoms with Gasteiger partial charge in [-0.15, -0.1) is 0 Å². The van der Waals surface area contributed by atoms with Crippen molar-refractivity contribution in [3.05, 3.63) is 173 Å². The first kappa shape index (κ1) is 31.5. The van der Waals surface area contributed by atoms with Gasteiger partial charge in [0.15, 0.2) is 0 Å². The maximum absolute atomic E-state index is 11.3. The van der Waals surface area contributed by atoms with E-state index in [-0.39, 0.29) is 6.61 Å². The molecule has 0 fully saturated rings. The lowest BCUT2D eigenvalue weighted by Gasteiger charge is -2.26. The second kappa shape index (κ2) is 15.7. The Morgan fingerprint density at radius 2 is 0.889 bits per heavy atom. The summed E-state index contributed by atoms with van der Waals surface area (Å²) in [7, 11) is 1.73. The van der Waals surface area contributed by atoms with Gasteiger partial charge < -0.3 is 14.4 Å². The monoisotopic (exact) mass is 595 g/mol. The van der Waals surface area contributed by atoms with Crippen molar-refractivity contribution in [2.45, 2.75) is 45.8 Å². The van der Waals surface area contributed by atoms with E-state index < -0.39 is 5.97 Å². The smallest absolute Gasteiger partial charge is 0.330 e. The van der Waals surface area contributed by atoms with Crippen LogP contribution in [-0.4, -0.2) is 13.1 Å². The van der Waals surface area contributed by atoms with Gasteiger partial charge in [0.05, 0.1) is 6.61 Å². The minimum Gasteiger partial charge on any atom is -0.458 e. The Balaban J connectivity index is 1.25. The average molecular weight is 596 g/mol. The molecule has 0 aliphatic heterocycles. The molecule has 4 nitrogen and oxygen atoms in total. The van der Waals surface area contributed by atoms with Crippen molar-refractivity contribution in [1.82, 2.24) is 0 Å². The lowest BCUT2D eigenvalue weighted by Crippen LogP contribution is -2.10. The fourth-order valence-corrected chi connectivity index (χ4v) is 5.33. The van der Waals surface area contributed by atoms with E-state index in [0.717, 1.165) is 48.3 Å². The van der Waals surface area contributed by atoms with Gasteiger partial charge in [0.2, 0.25) is 0 Å². The van der Waals surface area contributed by atoms with E-state index in [2.05, 4.69) is 128 Å². The molecule has 228 valence electrons. The SMILES string of the molecule is C=CC(=O)OCc1ccc(CCc2ccc(N(c3ccc(C)cc3)c3ccc(CCc4ccc(COC)cc4)cc3)cc2)cc1. The summed E-state index contributed by atoms with van der Waals surface area (Å²) >= 11 is 0. The minimum absolute atomic E-state index is 0.261. The molecule has 0 aliphatic carbocycles. The van der Waals surface area contributed by atoms with Gasteiger partial charge in [-0.05, 0) is 102 Å². The molecule has 0 heterocycles. The summed E-state index contributed by atoms with van der Waals surface area (Å²) in [4.78, 5) is 13.6. The van der Waals surface area contributed by atoms with Gasteiger partial charge in [-0.25, -0.2) is 4.79 Å². The minimum atomic E-state index is -0.406.